The van der Waals surface area contributed by atoms with Gasteiger partial charge in [0.2, 0.25) is 15.2 Å². The van der Waals surface area contributed by atoms with Gasteiger partial charge in [-0.05, 0) is 79.2 Å². The first-order valence-corrected chi connectivity index (χ1v) is 13.6. The number of sulfonamides is 1. The molecule has 0 aliphatic rings. The van der Waals surface area contributed by atoms with E-state index in [0.717, 1.165) is 20.3 Å². The largest absolute Gasteiger partial charge is 0.497 e. The van der Waals surface area contributed by atoms with Crippen molar-refractivity contribution in [2.24, 2.45) is 5.10 Å². The van der Waals surface area contributed by atoms with Crippen molar-refractivity contribution in [2.45, 2.75) is 11.8 Å². The lowest BCUT2D eigenvalue weighted by Gasteiger charge is -2.15. The van der Waals surface area contributed by atoms with Crippen molar-refractivity contribution in [3.05, 3.63) is 77.9 Å². The molecular weight excluding hydrogens is 512 g/mol. The van der Waals surface area contributed by atoms with Crippen LogP contribution in [0.4, 0.5) is 5.13 Å². The zero-order valence-corrected chi connectivity index (χ0v) is 22.4. The van der Waals surface area contributed by atoms with E-state index >= 15 is 0 Å². The van der Waals surface area contributed by atoms with Crippen LogP contribution in [0.25, 0.3) is 10.2 Å². The Morgan fingerprint density at radius 2 is 1.70 bits per heavy atom. The topological polar surface area (TPSA) is 101 Å². The average molecular weight is 539 g/mol. The van der Waals surface area contributed by atoms with Crippen LogP contribution in [0.2, 0.25) is 0 Å². The van der Waals surface area contributed by atoms with E-state index in [2.05, 4.69) is 10.1 Å². The lowest BCUT2D eigenvalue weighted by atomic mass is 10.2. The Labute approximate surface area is 219 Å². The number of hydrogen-bond acceptors (Lipinski definition) is 8. The Hall–Kier alpha value is -3.80. The SMILES string of the molecule is CCOc1ccc(/C=N/N(C(=O)c2ccc(S(=O)(=O)N(C)C)cc2)c2nc3ccc(OC)cc3s2)cc1. The van der Waals surface area contributed by atoms with Crippen LogP contribution in [0.1, 0.15) is 22.8 Å². The molecule has 37 heavy (non-hydrogen) atoms. The van der Waals surface area contributed by atoms with E-state index in [-0.39, 0.29) is 10.5 Å². The number of methoxy groups -OCH3 is 1. The van der Waals surface area contributed by atoms with Crippen LogP contribution >= 0.6 is 11.3 Å². The maximum atomic E-state index is 13.6. The summed E-state index contributed by atoms with van der Waals surface area (Å²) in [6.07, 6.45) is 1.56. The first-order chi connectivity index (χ1) is 17.7. The van der Waals surface area contributed by atoms with Crippen molar-refractivity contribution in [2.75, 3.05) is 32.8 Å². The molecule has 0 saturated carbocycles. The molecule has 4 rings (SSSR count). The quantitative estimate of drug-likeness (QED) is 0.227. The van der Waals surface area contributed by atoms with E-state index in [1.54, 1.807) is 19.4 Å². The first kappa shape index (κ1) is 26.3. The molecule has 1 heterocycles. The Morgan fingerprint density at radius 3 is 2.32 bits per heavy atom. The van der Waals surface area contributed by atoms with Gasteiger partial charge in [-0.2, -0.15) is 10.1 Å². The fourth-order valence-corrected chi connectivity index (χ4v) is 5.20. The number of rotatable bonds is 9. The minimum atomic E-state index is -3.62. The number of thiazole rings is 1. The zero-order chi connectivity index (χ0) is 26.6. The maximum absolute atomic E-state index is 13.6. The number of anilines is 1. The van der Waals surface area contributed by atoms with Crippen molar-refractivity contribution in [3.8, 4) is 11.5 Å². The predicted octanol–water partition coefficient (Wildman–Crippen LogP) is 4.63. The highest BCUT2D eigenvalue weighted by atomic mass is 32.2. The minimum Gasteiger partial charge on any atom is -0.497 e. The number of hydrazone groups is 1. The van der Waals surface area contributed by atoms with E-state index in [0.29, 0.717) is 23.0 Å². The monoisotopic (exact) mass is 538 g/mol. The van der Waals surface area contributed by atoms with Gasteiger partial charge in [-0.3, -0.25) is 4.79 Å². The molecule has 1 aromatic heterocycles. The molecule has 0 saturated heterocycles. The van der Waals surface area contributed by atoms with Gasteiger partial charge in [0.15, 0.2) is 0 Å². The third kappa shape index (κ3) is 5.79. The van der Waals surface area contributed by atoms with Crippen LogP contribution in [0.3, 0.4) is 0 Å². The molecule has 9 nitrogen and oxygen atoms in total. The number of carbonyl (C=O) groups is 1. The number of amides is 1. The number of hydrogen-bond donors (Lipinski definition) is 0. The molecule has 4 aromatic rings. The Kier molecular flexibility index (Phi) is 7.86. The van der Waals surface area contributed by atoms with Crippen LogP contribution in [-0.2, 0) is 10.0 Å². The van der Waals surface area contributed by atoms with Gasteiger partial charge in [-0.25, -0.2) is 17.7 Å². The van der Waals surface area contributed by atoms with E-state index in [4.69, 9.17) is 9.47 Å². The molecule has 0 unspecified atom stereocenters. The third-order valence-electron chi connectivity index (χ3n) is 5.35. The van der Waals surface area contributed by atoms with Gasteiger partial charge in [0.25, 0.3) is 5.91 Å². The van der Waals surface area contributed by atoms with Gasteiger partial charge >= 0.3 is 0 Å². The van der Waals surface area contributed by atoms with Crippen LogP contribution < -0.4 is 14.5 Å². The molecule has 192 valence electrons. The summed E-state index contributed by atoms with van der Waals surface area (Å²) in [7, 11) is 0.865. The van der Waals surface area contributed by atoms with Crippen LogP contribution in [-0.4, -0.2) is 57.6 Å². The van der Waals surface area contributed by atoms with Crippen LogP contribution in [0.15, 0.2) is 76.7 Å². The van der Waals surface area contributed by atoms with Gasteiger partial charge in [-0.1, -0.05) is 11.3 Å². The standard InChI is InChI=1S/C26H26N4O5S2/c1-5-35-20-10-6-18(7-11-20)17-27-30(26-28-23-15-12-21(34-4)16-24(23)36-26)25(31)19-8-13-22(14-9-19)37(32,33)29(2)3/h6-17H,5H2,1-4H3/b27-17+. The second-order valence-electron chi connectivity index (χ2n) is 8.01. The van der Waals surface area contributed by atoms with E-state index < -0.39 is 15.9 Å². The molecule has 0 aliphatic carbocycles. The Morgan fingerprint density at radius 1 is 1.03 bits per heavy atom. The van der Waals surface area contributed by atoms with Gasteiger partial charge in [-0.15, -0.1) is 0 Å². The highest BCUT2D eigenvalue weighted by Gasteiger charge is 2.23. The fourth-order valence-electron chi connectivity index (χ4n) is 3.34. The fraction of sp³-hybridized carbons (Fsp3) is 0.192. The third-order valence-corrected chi connectivity index (χ3v) is 8.17. The van der Waals surface area contributed by atoms with Gasteiger partial charge < -0.3 is 9.47 Å². The molecule has 0 fully saturated rings. The summed E-state index contributed by atoms with van der Waals surface area (Å²) in [6.45, 7) is 2.47. The summed E-state index contributed by atoms with van der Waals surface area (Å²) in [5, 5.41) is 6.03. The Bertz CT molecular complexity index is 1530. The number of ether oxygens (including phenoxy) is 2. The highest BCUT2D eigenvalue weighted by molar-refractivity contribution is 7.89. The predicted molar refractivity (Wildman–Crippen MR) is 146 cm³/mol. The van der Waals surface area contributed by atoms with Crippen molar-refractivity contribution >= 4 is 48.8 Å². The van der Waals surface area contributed by atoms with Gasteiger partial charge in [0.1, 0.15) is 11.5 Å². The molecule has 0 bridgehead atoms. The summed E-state index contributed by atoms with van der Waals surface area (Å²) >= 11 is 1.29. The Balaban J connectivity index is 1.71. The van der Waals surface area contributed by atoms with E-state index in [1.165, 1.54) is 54.7 Å². The number of aromatic nitrogens is 1. The normalized spacial score (nSPS) is 11.8. The number of carbonyl (C=O) groups excluding carboxylic acids is 1. The number of benzene rings is 3. The summed E-state index contributed by atoms with van der Waals surface area (Å²) < 4.78 is 37.6. The van der Waals surface area contributed by atoms with E-state index in [1.807, 2.05) is 43.3 Å². The molecular formula is C26H26N4O5S2. The number of nitrogens with zero attached hydrogens (tertiary/aromatic N) is 4. The molecule has 3 aromatic carbocycles. The second-order valence-corrected chi connectivity index (χ2v) is 11.2. The van der Waals surface area contributed by atoms with Gasteiger partial charge in [0, 0.05) is 19.7 Å². The van der Waals surface area contributed by atoms with Crippen molar-refractivity contribution in [1.29, 1.82) is 0 Å². The molecule has 0 aliphatic heterocycles. The van der Waals surface area contributed by atoms with Crippen LogP contribution in [0, 0.1) is 0 Å². The summed E-state index contributed by atoms with van der Waals surface area (Å²) in [5.74, 6) is 0.957. The van der Waals surface area contributed by atoms with Crippen molar-refractivity contribution < 1.29 is 22.7 Å². The molecule has 0 atom stereocenters. The first-order valence-electron chi connectivity index (χ1n) is 11.3. The van der Waals surface area contributed by atoms with Crippen molar-refractivity contribution in [3.63, 3.8) is 0 Å². The van der Waals surface area contributed by atoms with Gasteiger partial charge in [0.05, 0.1) is 35.0 Å². The second kappa shape index (κ2) is 11.1. The summed E-state index contributed by atoms with van der Waals surface area (Å²) in [6, 6.07) is 18.5. The van der Waals surface area contributed by atoms with E-state index in [9.17, 15) is 13.2 Å². The summed E-state index contributed by atoms with van der Waals surface area (Å²) in [4.78, 5) is 18.3. The summed E-state index contributed by atoms with van der Waals surface area (Å²) in [5.41, 5.74) is 1.72. The molecule has 0 N–H and O–H groups in total. The molecule has 0 spiro atoms. The lowest BCUT2D eigenvalue weighted by molar-refractivity contribution is 0.0987. The number of fused-ring (bicyclic) bond motifs is 1. The molecule has 1 amide bonds. The smallest absolute Gasteiger partial charge is 0.280 e. The minimum absolute atomic E-state index is 0.0885. The lowest BCUT2D eigenvalue weighted by Crippen LogP contribution is -2.26. The van der Waals surface area contributed by atoms with Crippen LogP contribution in [0.5, 0.6) is 11.5 Å². The highest BCUT2D eigenvalue weighted by Crippen LogP contribution is 2.32. The maximum Gasteiger partial charge on any atom is 0.280 e. The van der Waals surface area contributed by atoms with Crippen molar-refractivity contribution in [1.82, 2.24) is 9.29 Å². The molecule has 0 radical (unpaired) electrons. The average Bonchev–Trinajstić information content (AvgIpc) is 3.32. The molecule has 11 heteroatoms. The zero-order valence-electron chi connectivity index (χ0n) is 20.8.